The van der Waals surface area contributed by atoms with Crippen LogP contribution in [0.5, 0.6) is 5.75 Å². The first-order valence-corrected chi connectivity index (χ1v) is 12.7. The van der Waals surface area contributed by atoms with Gasteiger partial charge in [0.1, 0.15) is 16.3 Å². The first-order chi connectivity index (χ1) is 17.7. The van der Waals surface area contributed by atoms with E-state index in [4.69, 9.17) is 15.6 Å². The molecule has 5 rings (SSSR count). The molecular formula is C25H22N6O5S. The number of nitrogens with two attached hydrogens (primary N) is 2. The van der Waals surface area contributed by atoms with Gasteiger partial charge < -0.3 is 15.4 Å². The number of amides is 2. The van der Waals surface area contributed by atoms with Crippen LogP contribution in [0.3, 0.4) is 0 Å². The fourth-order valence-electron chi connectivity index (χ4n) is 4.38. The Balaban J connectivity index is 1.53. The highest BCUT2D eigenvalue weighted by atomic mass is 32.2. The molecule has 11 nitrogen and oxygen atoms in total. The van der Waals surface area contributed by atoms with Gasteiger partial charge in [-0.25, -0.2) is 18.2 Å². The number of carbonyl (C=O) groups excluding carboxylic acids is 2. The van der Waals surface area contributed by atoms with Crippen LogP contribution >= 0.6 is 0 Å². The number of fused-ring (bicyclic) bond motifs is 1. The SMILES string of the molecule is COc1ccc(-n2nc(C(N)=O)c3c2C(=O)N(c2ccc(-c4ccncc4S(N)(=O)=O)cc2)CC3)cc1. The van der Waals surface area contributed by atoms with Crippen molar-refractivity contribution in [1.29, 1.82) is 0 Å². The van der Waals surface area contributed by atoms with Crippen molar-refractivity contribution in [2.75, 3.05) is 18.6 Å². The highest BCUT2D eigenvalue weighted by Crippen LogP contribution is 2.32. The molecule has 12 heteroatoms. The summed E-state index contributed by atoms with van der Waals surface area (Å²) in [7, 11) is -2.43. The Morgan fingerprint density at radius 1 is 1.03 bits per heavy atom. The zero-order valence-corrected chi connectivity index (χ0v) is 20.5. The Labute approximate surface area is 212 Å². The molecule has 0 aliphatic carbocycles. The second kappa shape index (κ2) is 9.15. The van der Waals surface area contributed by atoms with Gasteiger partial charge in [0.25, 0.3) is 11.8 Å². The number of anilines is 1. The molecule has 0 fully saturated rings. The van der Waals surface area contributed by atoms with Crippen LogP contribution in [0.1, 0.15) is 26.5 Å². The van der Waals surface area contributed by atoms with E-state index in [1.807, 2.05) is 0 Å². The van der Waals surface area contributed by atoms with Crippen molar-refractivity contribution in [2.45, 2.75) is 11.3 Å². The zero-order valence-electron chi connectivity index (χ0n) is 19.7. The van der Waals surface area contributed by atoms with E-state index < -0.39 is 15.9 Å². The molecule has 4 aromatic rings. The van der Waals surface area contributed by atoms with E-state index in [-0.39, 0.29) is 22.2 Å². The van der Waals surface area contributed by atoms with Crippen LogP contribution in [0.15, 0.2) is 71.9 Å². The van der Waals surface area contributed by atoms with Crippen LogP contribution in [-0.2, 0) is 16.4 Å². The van der Waals surface area contributed by atoms with Gasteiger partial charge >= 0.3 is 0 Å². The Hall–Kier alpha value is -4.55. The van der Waals surface area contributed by atoms with Gasteiger partial charge in [-0.3, -0.25) is 14.6 Å². The third kappa shape index (κ3) is 4.32. The predicted octanol–water partition coefficient (Wildman–Crippen LogP) is 1.89. The summed E-state index contributed by atoms with van der Waals surface area (Å²) in [5.74, 6) is -0.427. The summed E-state index contributed by atoms with van der Waals surface area (Å²) in [6, 6.07) is 15.3. The van der Waals surface area contributed by atoms with Gasteiger partial charge in [0.15, 0.2) is 5.69 Å². The van der Waals surface area contributed by atoms with Crippen molar-refractivity contribution >= 4 is 27.5 Å². The molecule has 0 saturated heterocycles. The molecular weight excluding hydrogens is 496 g/mol. The Morgan fingerprint density at radius 2 is 1.70 bits per heavy atom. The molecule has 188 valence electrons. The Bertz CT molecular complexity index is 1630. The third-order valence-corrected chi connectivity index (χ3v) is 7.09. The number of benzene rings is 2. The summed E-state index contributed by atoms with van der Waals surface area (Å²) < 4.78 is 30.6. The second-order valence-corrected chi connectivity index (χ2v) is 9.85. The number of nitrogens with zero attached hydrogens (tertiary/aromatic N) is 4. The quantitative estimate of drug-likeness (QED) is 0.393. The number of rotatable bonds is 6. The van der Waals surface area contributed by atoms with E-state index in [1.54, 1.807) is 66.6 Å². The Morgan fingerprint density at radius 3 is 2.32 bits per heavy atom. The van der Waals surface area contributed by atoms with E-state index in [9.17, 15) is 18.0 Å². The molecule has 1 aliphatic heterocycles. The van der Waals surface area contributed by atoms with Crippen LogP contribution in [0, 0.1) is 0 Å². The summed E-state index contributed by atoms with van der Waals surface area (Å²) in [6.45, 7) is 0.303. The number of methoxy groups -OCH3 is 1. The first-order valence-electron chi connectivity index (χ1n) is 11.1. The molecule has 0 saturated carbocycles. The fourth-order valence-corrected chi connectivity index (χ4v) is 5.08. The highest BCUT2D eigenvalue weighted by molar-refractivity contribution is 7.89. The minimum Gasteiger partial charge on any atom is -0.497 e. The van der Waals surface area contributed by atoms with Crippen molar-refractivity contribution < 1.29 is 22.7 Å². The molecule has 0 bridgehead atoms. The summed E-state index contributed by atoms with van der Waals surface area (Å²) in [5, 5.41) is 9.70. The van der Waals surface area contributed by atoms with Gasteiger partial charge in [-0.1, -0.05) is 12.1 Å². The number of primary amides is 1. The summed E-state index contributed by atoms with van der Waals surface area (Å²) in [4.78, 5) is 31.1. The molecule has 0 spiro atoms. The van der Waals surface area contributed by atoms with Crippen molar-refractivity contribution in [1.82, 2.24) is 14.8 Å². The molecule has 0 radical (unpaired) electrons. The van der Waals surface area contributed by atoms with Crippen LogP contribution < -0.4 is 20.5 Å². The average Bonchev–Trinajstić information content (AvgIpc) is 3.30. The normalized spacial score (nSPS) is 13.4. The Kier molecular flexibility index (Phi) is 5.97. The van der Waals surface area contributed by atoms with Crippen molar-refractivity contribution in [3.05, 3.63) is 83.9 Å². The number of sulfonamides is 1. The molecule has 3 heterocycles. The monoisotopic (exact) mass is 518 g/mol. The molecule has 37 heavy (non-hydrogen) atoms. The molecule has 2 aromatic heterocycles. The van der Waals surface area contributed by atoms with E-state index in [1.165, 1.54) is 17.1 Å². The van der Waals surface area contributed by atoms with Gasteiger partial charge in [-0.05, 0) is 54.4 Å². The lowest BCUT2D eigenvalue weighted by molar-refractivity contribution is 0.0972. The van der Waals surface area contributed by atoms with Crippen molar-refractivity contribution in [2.24, 2.45) is 10.9 Å². The summed E-state index contributed by atoms with van der Waals surface area (Å²) >= 11 is 0. The second-order valence-electron chi connectivity index (χ2n) is 8.32. The van der Waals surface area contributed by atoms with E-state index in [0.717, 1.165) is 0 Å². The fraction of sp³-hybridized carbons (Fsp3) is 0.120. The number of aromatic nitrogens is 3. The van der Waals surface area contributed by atoms with Crippen LogP contribution in [0.25, 0.3) is 16.8 Å². The van der Waals surface area contributed by atoms with Crippen LogP contribution in [0.2, 0.25) is 0 Å². The van der Waals surface area contributed by atoms with Crippen LogP contribution in [0.4, 0.5) is 5.69 Å². The van der Waals surface area contributed by atoms with Gasteiger partial charge in [0.05, 0.1) is 12.8 Å². The maximum atomic E-state index is 13.7. The van der Waals surface area contributed by atoms with Crippen molar-refractivity contribution in [3.8, 4) is 22.6 Å². The standard InChI is InChI=1S/C25H22N6O5S/c1-36-18-8-6-17(7-9-18)31-23-20(22(29-31)24(26)32)11-13-30(25(23)33)16-4-2-15(3-5-16)19-10-12-28-14-21(19)37(27,34)35/h2-10,12,14H,11,13H2,1H3,(H2,26,32)(H2,27,34,35). The predicted molar refractivity (Wildman–Crippen MR) is 135 cm³/mol. The van der Waals surface area contributed by atoms with Crippen LogP contribution in [-0.4, -0.2) is 48.7 Å². The number of carbonyl (C=O) groups is 2. The number of hydrogen-bond acceptors (Lipinski definition) is 7. The van der Waals surface area contributed by atoms with Gasteiger partial charge in [-0.2, -0.15) is 5.10 Å². The summed E-state index contributed by atoms with van der Waals surface area (Å²) in [5.41, 5.74) is 8.53. The number of ether oxygens (including phenoxy) is 1. The smallest absolute Gasteiger partial charge is 0.277 e. The first kappa shape index (κ1) is 24.2. The molecule has 0 unspecified atom stereocenters. The maximum Gasteiger partial charge on any atom is 0.277 e. The van der Waals surface area contributed by atoms with Gasteiger partial charge in [-0.15, -0.1) is 0 Å². The molecule has 2 amide bonds. The van der Waals surface area contributed by atoms with Crippen molar-refractivity contribution in [3.63, 3.8) is 0 Å². The maximum absolute atomic E-state index is 13.7. The number of primary sulfonamides is 1. The minimum atomic E-state index is -3.98. The van der Waals surface area contributed by atoms with E-state index in [0.29, 0.717) is 46.8 Å². The summed E-state index contributed by atoms with van der Waals surface area (Å²) in [6.07, 6.45) is 3.05. The molecule has 1 aliphatic rings. The zero-order chi connectivity index (χ0) is 26.3. The molecule has 0 atom stereocenters. The minimum absolute atomic E-state index is 0.0578. The average molecular weight is 519 g/mol. The number of hydrogen-bond donors (Lipinski definition) is 2. The van der Waals surface area contributed by atoms with E-state index in [2.05, 4.69) is 10.1 Å². The topological polar surface area (TPSA) is 164 Å². The largest absolute Gasteiger partial charge is 0.497 e. The lowest BCUT2D eigenvalue weighted by Gasteiger charge is -2.28. The lowest BCUT2D eigenvalue weighted by Crippen LogP contribution is -2.39. The molecule has 4 N–H and O–H groups in total. The van der Waals surface area contributed by atoms with Gasteiger partial charge in [0.2, 0.25) is 10.0 Å². The number of pyridine rings is 1. The van der Waals surface area contributed by atoms with E-state index >= 15 is 0 Å². The van der Waals surface area contributed by atoms with Gasteiger partial charge in [0, 0.05) is 35.8 Å². The highest BCUT2D eigenvalue weighted by Gasteiger charge is 2.34. The lowest BCUT2D eigenvalue weighted by atomic mass is 10.0. The third-order valence-electron chi connectivity index (χ3n) is 6.15. The molecule has 2 aromatic carbocycles.